The predicted octanol–water partition coefficient (Wildman–Crippen LogP) is 2.39. The summed E-state index contributed by atoms with van der Waals surface area (Å²) in [6, 6.07) is 1.81. The number of hydrogen-bond acceptors (Lipinski definition) is 3. The number of rotatable bonds is 9. The molecule has 112 valence electrons. The van der Waals surface area contributed by atoms with Gasteiger partial charge in [-0.3, -0.25) is 0 Å². The third kappa shape index (κ3) is 5.41. The zero-order valence-corrected chi connectivity index (χ0v) is 12.8. The molecule has 0 amide bonds. The second-order valence-corrected chi connectivity index (χ2v) is 6.94. The molecule has 0 saturated heterocycles. The summed E-state index contributed by atoms with van der Waals surface area (Å²) in [5.41, 5.74) is 0. The maximum absolute atomic E-state index is 9.48. The molecular formula is C16H32N2O. The maximum atomic E-state index is 9.48. The minimum absolute atomic E-state index is 0.288. The van der Waals surface area contributed by atoms with Gasteiger partial charge in [0.25, 0.3) is 0 Å². The van der Waals surface area contributed by atoms with Gasteiger partial charge in [-0.1, -0.05) is 26.7 Å². The van der Waals surface area contributed by atoms with Gasteiger partial charge in [-0.15, -0.1) is 0 Å². The Morgan fingerprint density at radius 2 is 1.84 bits per heavy atom. The highest BCUT2D eigenvalue weighted by molar-refractivity contribution is 4.86. The average Bonchev–Trinajstić information content (AvgIpc) is 3.03. The van der Waals surface area contributed by atoms with Crippen LogP contribution in [0.5, 0.6) is 0 Å². The van der Waals surface area contributed by atoms with Gasteiger partial charge in [0.2, 0.25) is 0 Å². The van der Waals surface area contributed by atoms with Crippen molar-refractivity contribution in [1.82, 2.24) is 10.2 Å². The van der Waals surface area contributed by atoms with Gasteiger partial charge in [0.05, 0.1) is 6.61 Å². The third-order valence-corrected chi connectivity index (χ3v) is 4.47. The van der Waals surface area contributed by atoms with Crippen LogP contribution in [0.1, 0.15) is 58.8 Å². The second kappa shape index (κ2) is 7.61. The molecule has 0 radical (unpaired) electrons. The van der Waals surface area contributed by atoms with E-state index in [-0.39, 0.29) is 6.61 Å². The van der Waals surface area contributed by atoms with E-state index in [9.17, 15) is 5.11 Å². The molecule has 2 N–H and O–H groups in total. The molecule has 0 spiro atoms. The normalized spacial score (nSPS) is 22.6. The van der Waals surface area contributed by atoms with Crippen LogP contribution in [0, 0.1) is 5.92 Å². The van der Waals surface area contributed by atoms with Crippen LogP contribution in [-0.4, -0.2) is 47.8 Å². The monoisotopic (exact) mass is 268 g/mol. The van der Waals surface area contributed by atoms with Crippen LogP contribution >= 0.6 is 0 Å². The molecule has 1 atom stereocenters. The van der Waals surface area contributed by atoms with Gasteiger partial charge in [-0.05, 0) is 38.0 Å². The van der Waals surface area contributed by atoms with Gasteiger partial charge in [-0.2, -0.15) is 0 Å². The smallest absolute Gasteiger partial charge is 0.0585 e. The van der Waals surface area contributed by atoms with E-state index in [4.69, 9.17) is 0 Å². The lowest BCUT2D eigenvalue weighted by molar-refractivity contribution is 0.154. The Labute approximate surface area is 118 Å². The van der Waals surface area contributed by atoms with Crippen molar-refractivity contribution in [2.45, 2.75) is 76.9 Å². The molecule has 19 heavy (non-hydrogen) atoms. The molecule has 0 aromatic rings. The number of nitrogens with zero attached hydrogens (tertiary/aromatic N) is 1. The van der Waals surface area contributed by atoms with E-state index in [1.54, 1.807) is 0 Å². The van der Waals surface area contributed by atoms with E-state index >= 15 is 0 Å². The molecule has 2 rings (SSSR count). The molecular weight excluding hydrogens is 236 g/mol. The molecule has 3 heteroatoms. The van der Waals surface area contributed by atoms with Gasteiger partial charge < -0.3 is 15.3 Å². The first-order valence-corrected chi connectivity index (χ1v) is 8.30. The Morgan fingerprint density at radius 3 is 2.37 bits per heavy atom. The van der Waals surface area contributed by atoms with Crippen LogP contribution in [0.25, 0.3) is 0 Å². The third-order valence-electron chi connectivity index (χ3n) is 4.47. The first-order valence-electron chi connectivity index (χ1n) is 8.30. The molecule has 0 aromatic carbocycles. The zero-order valence-electron chi connectivity index (χ0n) is 12.8. The lowest BCUT2D eigenvalue weighted by Crippen LogP contribution is -2.42. The summed E-state index contributed by atoms with van der Waals surface area (Å²) in [5, 5.41) is 13.0. The van der Waals surface area contributed by atoms with E-state index < -0.39 is 0 Å². The van der Waals surface area contributed by atoms with Crippen molar-refractivity contribution in [2.24, 2.45) is 5.92 Å². The van der Waals surface area contributed by atoms with Crippen LogP contribution in [0.15, 0.2) is 0 Å². The first kappa shape index (κ1) is 15.3. The molecule has 0 bridgehead atoms. The summed E-state index contributed by atoms with van der Waals surface area (Å²) in [6.45, 7) is 7.28. The fourth-order valence-electron chi connectivity index (χ4n) is 3.29. The maximum Gasteiger partial charge on any atom is 0.0585 e. The van der Waals surface area contributed by atoms with E-state index in [0.29, 0.717) is 12.1 Å². The first-order chi connectivity index (χ1) is 9.19. The van der Waals surface area contributed by atoms with E-state index in [1.807, 2.05) is 0 Å². The Hall–Kier alpha value is -0.120. The minimum Gasteiger partial charge on any atom is -0.395 e. The Balaban J connectivity index is 1.76. The van der Waals surface area contributed by atoms with E-state index in [2.05, 4.69) is 24.1 Å². The summed E-state index contributed by atoms with van der Waals surface area (Å²) in [6.07, 6.45) is 9.27. The van der Waals surface area contributed by atoms with Gasteiger partial charge >= 0.3 is 0 Å². The SMILES string of the molecule is CC(C)CN(CCC(CO)NC1CC1)C1CCCC1. The van der Waals surface area contributed by atoms with Crippen LogP contribution in [0.3, 0.4) is 0 Å². The predicted molar refractivity (Wildman–Crippen MR) is 80.3 cm³/mol. The minimum atomic E-state index is 0.288. The van der Waals surface area contributed by atoms with Crippen molar-refractivity contribution in [3.8, 4) is 0 Å². The molecule has 3 nitrogen and oxygen atoms in total. The molecule has 2 aliphatic rings. The van der Waals surface area contributed by atoms with Gasteiger partial charge in [0.15, 0.2) is 0 Å². The Morgan fingerprint density at radius 1 is 1.16 bits per heavy atom. The molecule has 0 heterocycles. The summed E-state index contributed by atoms with van der Waals surface area (Å²) < 4.78 is 0. The highest BCUT2D eigenvalue weighted by Gasteiger charge is 2.26. The molecule has 1 unspecified atom stereocenters. The topological polar surface area (TPSA) is 35.5 Å². The van der Waals surface area contributed by atoms with Crippen molar-refractivity contribution in [3.05, 3.63) is 0 Å². The molecule has 0 aliphatic heterocycles. The Bertz CT molecular complexity index is 247. The fourth-order valence-corrected chi connectivity index (χ4v) is 3.29. The average molecular weight is 268 g/mol. The highest BCUT2D eigenvalue weighted by atomic mass is 16.3. The van der Waals surface area contributed by atoms with Gasteiger partial charge in [0, 0.05) is 31.2 Å². The number of aliphatic hydroxyl groups excluding tert-OH is 1. The molecule has 0 aromatic heterocycles. The molecule has 2 aliphatic carbocycles. The van der Waals surface area contributed by atoms with Gasteiger partial charge in [0.1, 0.15) is 0 Å². The van der Waals surface area contributed by atoms with Crippen LogP contribution in [0.2, 0.25) is 0 Å². The van der Waals surface area contributed by atoms with Crippen LogP contribution in [0.4, 0.5) is 0 Å². The quantitative estimate of drug-likeness (QED) is 0.674. The number of nitrogens with one attached hydrogen (secondary N) is 1. The summed E-state index contributed by atoms with van der Waals surface area (Å²) in [7, 11) is 0. The zero-order chi connectivity index (χ0) is 13.7. The van der Waals surface area contributed by atoms with Crippen molar-refractivity contribution >= 4 is 0 Å². The summed E-state index contributed by atoms with van der Waals surface area (Å²) in [5.74, 6) is 0.740. The van der Waals surface area contributed by atoms with Crippen molar-refractivity contribution in [1.29, 1.82) is 0 Å². The molecule has 2 saturated carbocycles. The lowest BCUT2D eigenvalue weighted by Gasteiger charge is -2.31. The lowest BCUT2D eigenvalue weighted by atomic mass is 10.1. The second-order valence-electron chi connectivity index (χ2n) is 6.94. The number of hydrogen-bond donors (Lipinski definition) is 2. The summed E-state index contributed by atoms with van der Waals surface area (Å²) in [4.78, 5) is 2.69. The van der Waals surface area contributed by atoms with Crippen molar-refractivity contribution < 1.29 is 5.11 Å². The largest absolute Gasteiger partial charge is 0.395 e. The summed E-state index contributed by atoms with van der Waals surface area (Å²) >= 11 is 0. The van der Waals surface area contributed by atoms with E-state index in [1.165, 1.54) is 45.1 Å². The number of aliphatic hydroxyl groups is 1. The van der Waals surface area contributed by atoms with Crippen LogP contribution in [-0.2, 0) is 0 Å². The van der Waals surface area contributed by atoms with Gasteiger partial charge in [-0.25, -0.2) is 0 Å². The highest BCUT2D eigenvalue weighted by Crippen LogP contribution is 2.25. The molecule has 2 fully saturated rings. The van der Waals surface area contributed by atoms with Crippen LogP contribution < -0.4 is 5.32 Å². The standard InChI is InChI=1S/C16H32N2O/c1-13(2)11-18(16-5-3-4-6-16)10-9-15(12-19)17-14-7-8-14/h13-17,19H,3-12H2,1-2H3. The van der Waals surface area contributed by atoms with Crippen molar-refractivity contribution in [2.75, 3.05) is 19.7 Å². The van der Waals surface area contributed by atoms with E-state index in [0.717, 1.165) is 24.9 Å². The fraction of sp³-hybridized carbons (Fsp3) is 1.00. The Kier molecular flexibility index (Phi) is 6.11. The van der Waals surface area contributed by atoms with Crippen molar-refractivity contribution in [3.63, 3.8) is 0 Å².